The molecule has 2 aromatic rings. The number of ether oxygens (including phenoxy) is 1. The average Bonchev–Trinajstić information content (AvgIpc) is 3.05. The summed E-state index contributed by atoms with van der Waals surface area (Å²) >= 11 is 0. The van der Waals surface area contributed by atoms with E-state index in [4.69, 9.17) is 9.26 Å². The zero-order valence-electron chi connectivity index (χ0n) is 17.4. The van der Waals surface area contributed by atoms with E-state index in [1.54, 1.807) is 14.0 Å². The molecule has 0 unspecified atom stereocenters. The van der Waals surface area contributed by atoms with Crippen LogP contribution < -0.4 is 15.4 Å². The van der Waals surface area contributed by atoms with Gasteiger partial charge < -0.3 is 19.9 Å². The molecule has 28 heavy (non-hydrogen) atoms. The maximum Gasteiger partial charge on any atom is 0.223 e. The Kier molecular flexibility index (Phi) is 10.9. The van der Waals surface area contributed by atoms with Crippen LogP contribution in [0.25, 0.3) is 0 Å². The molecule has 1 heterocycles. The van der Waals surface area contributed by atoms with Gasteiger partial charge in [-0.05, 0) is 37.3 Å². The Morgan fingerprint density at radius 1 is 1.21 bits per heavy atom. The zero-order valence-corrected chi connectivity index (χ0v) is 19.7. The van der Waals surface area contributed by atoms with Crippen molar-refractivity contribution in [2.45, 2.75) is 53.6 Å². The fourth-order valence-corrected chi connectivity index (χ4v) is 2.59. The van der Waals surface area contributed by atoms with Crippen LogP contribution in [0.3, 0.4) is 0 Å². The van der Waals surface area contributed by atoms with Crippen LogP contribution in [0.1, 0.15) is 49.5 Å². The second-order valence-electron chi connectivity index (χ2n) is 7.00. The number of aliphatic imine (C=N–C) groups is 1. The van der Waals surface area contributed by atoms with Crippen molar-refractivity contribution in [1.82, 2.24) is 20.8 Å². The third-order valence-corrected chi connectivity index (χ3v) is 4.06. The molecule has 0 saturated carbocycles. The third-order valence-electron chi connectivity index (χ3n) is 4.06. The Morgan fingerprint density at radius 2 is 1.96 bits per heavy atom. The monoisotopic (exact) mass is 501 g/mol. The number of hydrogen-bond acceptors (Lipinski definition) is 5. The van der Waals surface area contributed by atoms with E-state index in [2.05, 4.69) is 64.7 Å². The molecule has 0 aliphatic heterocycles. The number of nitrogens with zero attached hydrogens (tertiary/aromatic N) is 3. The fourth-order valence-electron chi connectivity index (χ4n) is 2.59. The van der Waals surface area contributed by atoms with Gasteiger partial charge >= 0.3 is 0 Å². The first-order valence-electron chi connectivity index (χ1n) is 9.44. The summed E-state index contributed by atoms with van der Waals surface area (Å²) in [5.41, 5.74) is 2.29. The summed E-state index contributed by atoms with van der Waals surface area (Å²) < 4.78 is 11.0. The summed E-state index contributed by atoms with van der Waals surface area (Å²) in [7, 11) is 1.73. The van der Waals surface area contributed by atoms with E-state index in [0.29, 0.717) is 36.7 Å². The summed E-state index contributed by atoms with van der Waals surface area (Å²) in [5.74, 6) is 3.44. The van der Waals surface area contributed by atoms with Crippen molar-refractivity contribution in [3.63, 3.8) is 0 Å². The third kappa shape index (κ3) is 8.45. The molecule has 0 radical (unpaired) electrons. The molecule has 7 nitrogen and oxygen atoms in total. The molecule has 0 aliphatic carbocycles. The summed E-state index contributed by atoms with van der Waals surface area (Å²) in [6, 6.07) is 6.27. The molecule has 2 N–H and O–H groups in total. The number of aryl methyl sites for hydroxylation is 2. The first-order valence-corrected chi connectivity index (χ1v) is 9.44. The Morgan fingerprint density at radius 3 is 2.61 bits per heavy atom. The molecule has 1 aromatic heterocycles. The molecule has 1 aromatic carbocycles. The largest absolute Gasteiger partial charge is 0.493 e. The normalized spacial score (nSPS) is 11.3. The van der Waals surface area contributed by atoms with Gasteiger partial charge in [0.25, 0.3) is 0 Å². The number of halogens is 1. The van der Waals surface area contributed by atoms with E-state index >= 15 is 0 Å². The molecule has 0 aliphatic rings. The molecule has 0 amide bonds. The van der Waals surface area contributed by atoms with E-state index in [1.807, 2.05) is 0 Å². The number of nitrogens with one attached hydrogen (secondary N) is 2. The maximum atomic E-state index is 6.03. The van der Waals surface area contributed by atoms with Crippen molar-refractivity contribution in [3.8, 4) is 5.75 Å². The maximum absolute atomic E-state index is 6.03. The summed E-state index contributed by atoms with van der Waals surface area (Å²) in [4.78, 5) is 8.40. The number of benzene rings is 1. The van der Waals surface area contributed by atoms with Crippen molar-refractivity contribution >= 4 is 29.9 Å². The molecule has 0 spiro atoms. The Balaban J connectivity index is 0.00000392. The van der Waals surface area contributed by atoms with E-state index in [1.165, 1.54) is 12.0 Å². The lowest BCUT2D eigenvalue weighted by atomic mass is 10.1. The van der Waals surface area contributed by atoms with Gasteiger partial charge in [-0.1, -0.05) is 31.1 Å². The van der Waals surface area contributed by atoms with Crippen LogP contribution in [0.4, 0.5) is 0 Å². The molecular weight excluding hydrogens is 469 g/mol. The topological polar surface area (TPSA) is 84.6 Å². The van der Waals surface area contributed by atoms with Crippen LogP contribution in [0.5, 0.6) is 5.75 Å². The van der Waals surface area contributed by atoms with E-state index in [9.17, 15) is 0 Å². The van der Waals surface area contributed by atoms with Gasteiger partial charge in [-0.2, -0.15) is 4.98 Å². The lowest BCUT2D eigenvalue weighted by molar-refractivity contribution is 0.294. The van der Waals surface area contributed by atoms with Crippen molar-refractivity contribution in [3.05, 3.63) is 41.0 Å². The molecule has 0 bridgehead atoms. The van der Waals surface area contributed by atoms with Gasteiger partial charge in [0.2, 0.25) is 5.89 Å². The second kappa shape index (κ2) is 12.6. The highest BCUT2D eigenvalue weighted by atomic mass is 127. The van der Waals surface area contributed by atoms with E-state index in [0.717, 1.165) is 24.3 Å². The minimum absolute atomic E-state index is 0. The highest BCUT2D eigenvalue weighted by molar-refractivity contribution is 14.0. The first-order chi connectivity index (χ1) is 13.0. The first kappa shape index (κ1) is 24.2. The number of hydrogen-bond donors (Lipinski definition) is 2. The quantitative estimate of drug-likeness (QED) is 0.234. The van der Waals surface area contributed by atoms with Crippen molar-refractivity contribution in [2.24, 2.45) is 10.9 Å². The van der Waals surface area contributed by atoms with Crippen molar-refractivity contribution in [1.29, 1.82) is 0 Å². The molecule has 0 saturated heterocycles. The molecule has 0 fully saturated rings. The van der Waals surface area contributed by atoms with Gasteiger partial charge in [-0.15, -0.1) is 24.0 Å². The Hall–Kier alpha value is -1.84. The second-order valence-corrected chi connectivity index (χ2v) is 7.00. The van der Waals surface area contributed by atoms with Crippen LogP contribution >= 0.6 is 24.0 Å². The highest BCUT2D eigenvalue weighted by Crippen LogP contribution is 2.21. The number of rotatable bonds is 9. The van der Waals surface area contributed by atoms with Crippen LogP contribution in [-0.4, -0.2) is 29.8 Å². The van der Waals surface area contributed by atoms with E-state index in [-0.39, 0.29) is 24.0 Å². The predicted molar refractivity (Wildman–Crippen MR) is 122 cm³/mol. The van der Waals surface area contributed by atoms with Gasteiger partial charge in [0.1, 0.15) is 5.75 Å². The number of aromatic nitrogens is 2. The molecule has 0 atom stereocenters. The lowest BCUT2D eigenvalue weighted by Gasteiger charge is -2.15. The summed E-state index contributed by atoms with van der Waals surface area (Å²) in [5, 5.41) is 10.3. The predicted octanol–water partition coefficient (Wildman–Crippen LogP) is 3.98. The molecular formula is C20H32IN5O2. The van der Waals surface area contributed by atoms with E-state index < -0.39 is 0 Å². The molecule has 156 valence electrons. The average molecular weight is 501 g/mol. The SMILES string of the molecule is CN=C(NCc1noc(C)n1)NCc1ccc(C)cc1OCCCC(C)C.I. The zero-order chi connectivity index (χ0) is 19.6. The summed E-state index contributed by atoms with van der Waals surface area (Å²) in [6.07, 6.45) is 2.23. The van der Waals surface area contributed by atoms with Gasteiger partial charge in [0.15, 0.2) is 11.8 Å². The minimum Gasteiger partial charge on any atom is -0.493 e. The highest BCUT2D eigenvalue weighted by Gasteiger charge is 2.08. The van der Waals surface area contributed by atoms with Gasteiger partial charge in [-0.3, -0.25) is 4.99 Å². The van der Waals surface area contributed by atoms with Crippen LogP contribution in [0.15, 0.2) is 27.7 Å². The molecule has 8 heteroatoms. The van der Waals surface area contributed by atoms with Crippen LogP contribution in [0, 0.1) is 19.8 Å². The van der Waals surface area contributed by atoms with Gasteiger partial charge in [0, 0.05) is 26.1 Å². The van der Waals surface area contributed by atoms with Gasteiger partial charge in [0.05, 0.1) is 13.2 Å². The van der Waals surface area contributed by atoms with Crippen molar-refractivity contribution < 1.29 is 9.26 Å². The smallest absolute Gasteiger partial charge is 0.223 e. The number of guanidine groups is 1. The Labute approximate surface area is 184 Å². The molecule has 2 rings (SSSR count). The lowest BCUT2D eigenvalue weighted by Crippen LogP contribution is -2.36. The standard InChI is InChI=1S/C20H31N5O2.HI/c1-14(2)7-6-10-26-18-11-15(3)8-9-17(18)12-22-20(21-5)23-13-19-24-16(4)27-25-19;/h8-9,11,14H,6-7,10,12-13H2,1-5H3,(H2,21,22,23);1H. The van der Waals surface area contributed by atoms with Crippen LogP contribution in [0.2, 0.25) is 0 Å². The van der Waals surface area contributed by atoms with Crippen LogP contribution in [-0.2, 0) is 13.1 Å². The fraction of sp³-hybridized carbons (Fsp3) is 0.550. The Bertz CT molecular complexity index is 746. The minimum atomic E-state index is 0. The van der Waals surface area contributed by atoms with Gasteiger partial charge in [-0.25, -0.2) is 0 Å². The van der Waals surface area contributed by atoms with Crippen molar-refractivity contribution in [2.75, 3.05) is 13.7 Å². The summed E-state index contributed by atoms with van der Waals surface area (Å²) in [6.45, 7) is 10.1.